The van der Waals surface area contributed by atoms with Gasteiger partial charge in [0, 0.05) is 6.07 Å². The first kappa shape index (κ1) is 20.0. The van der Waals surface area contributed by atoms with Crippen molar-refractivity contribution >= 4 is 11.9 Å². The molecule has 0 unspecified atom stereocenters. The van der Waals surface area contributed by atoms with E-state index in [2.05, 4.69) is 0 Å². The van der Waals surface area contributed by atoms with E-state index in [1.807, 2.05) is 0 Å². The van der Waals surface area contributed by atoms with Crippen molar-refractivity contribution in [1.29, 1.82) is 0 Å². The number of amides is 1. The van der Waals surface area contributed by atoms with Crippen molar-refractivity contribution in [2.24, 2.45) is 11.5 Å². The summed E-state index contributed by atoms with van der Waals surface area (Å²) in [4.78, 5) is 35.6. The lowest BCUT2D eigenvalue weighted by Crippen LogP contribution is -2.29. The zero-order valence-electron chi connectivity index (χ0n) is 15.3. The van der Waals surface area contributed by atoms with Crippen molar-refractivity contribution in [3.8, 4) is 11.5 Å². The monoisotopic (exact) mass is 402 g/mol. The van der Waals surface area contributed by atoms with Crippen LogP contribution in [0.15, 0.2) is 51.0 Å². The number of carbonyl (C=O) groups is 2. The van der Waals surface area contributed by atoms with Gasteiger partial charge in [-0.05, 0) is 17.7 Å². The van der Waals surface area contributed by atoms with Crippen molar-refractivity contribution in [2.75, 3.05) is 13.7 Å². The fourth-order valence-electron chi connectivity index (χ4n) is 2.91. The molecule has 10 heteroatoms. The van der Waals surface area contributed by atoms with Gasteiger partial charge in [0.1, 0.15) is 23.7 Å². The summed E-state index contributed by atoms with van der Waals surface area (Å²) in [5, 5.41) is 9.38. The van der Waals surface area contributed by atoms with Gasteiger partial charge in [-0.25, -0.2) is 4.79 Å². The molecule has 0 saturated heterocycles. The highest BCUT2D eigenvalue weighted by atomic mass is 16.5. The first-order chi connectivity index (χ1) is 13.8. The molecule has 0 bridgehead atoms. The molecule has 0 spiro atoms. The quantitative estimate of drug-likeness (QED) is 0.558. The Morgan fingerprint density at radius 3 is 2.52 bits per heavy atom. The summed E-state index contributed by atoms with van der Waals surface area (Å²) in [6, 6.07) is 7.36. The standard InChI is InChI=1S/C19H18N2O8/c1-26-19(25)15-14(9-2-4-10(5-3-9)27-8-13(20)24)17-16(29-18(15)21)12(23)6-11(7-22)28-17/h2-6,14,22H,7-8,21H2,1H3,(H2,20,24)/t14-/m0/s1. The van der Waals surface area contributed by atoms with Crippen LogP contribution in [0.5, 0.6) is 11.5 Å². The number of benzene rings is 1. The maximum Gasteiger partial charge on any atom is 0.340 e. The van der Waals surface area contributed by atoms with Crippen LogP contribution in [0, 0.1) is 0 Å². The summed E-state index contributed by atoms with van der Waals surface area (Å²) in [5.41, 5.74) is 10.8. The van der Waals surface area contributed by atoms with Crippen LogP contribution in [0.2, 0.25) is 0 Å². The van der Waals surface area contributed by atoms with Gasteiger partial charge in [-0.15, -0.1) is 0 Å². The highest BCUT2D eigenvalue weighted by molar-refractivity contribution is 5.92. The SMILES string of the molecule is COC(=O)C1=C(N)Oc2c(oc(CO)cc2=O)[C@H]1c1ccc(OCC(N)=O)cc1. The Balaban J connectivity index is 2.13. The number of esters is 1. The van der Waals surface area contributed by atoms with Crippen LogP contribution in [-0.2, 0) is 20.9 Å². The number of aliphatic hydroxyl groups excluding tert-OH is 1. The Morgan fingerprint density at radius 2 is 1.93 bits per heavy atom. The lowest BCUT2D eigenvalue weighted by atomic mass is 9.86. The number of nitrogens with two attached hydrogens (primary N) is 2. The van der Waals surface area contributed by atoms with E-state index in [9.17, 15) is 19.5 Å². The van der Waals surface area contributed by atoms with E-state index < -0.39 is 29.8 Å². The number of fused-ring (bicyclic) bond motifs is 1. The summed E-state index contributed by atoms with van der Waals surface area (Å²) in [7, 11) is 1.18. The molecule has 5 N–H and O–H groups in total. The molecule has 0 aliphatic carbocycles. The van der Waals surface area contributed by atoms with E-state index in [0.717, 1.165) is 6.07 Å². The summed E-state index contributed by atoms with van der Waals surface area (Å²) in [5.74, 6) is -2.47. The van der Waals surface area contributed by atoms with Crippen molar-refractivity contribution in [2.45, 2.75) is 12.5 Å². The highest BCUT2D eigenvalue weighted by Crippen LogP contribution is 2.41. The molecule has 1 amide bonds. The molecular formula is C19H18N2O8. The molecule has 1 aromatic carbocycles. The molecule has 29 heavy (non-hydrogen) atoms. The average Bonchev–Trinajstić information content (AvgIpc) is 2.71. The molecule has 0 saturated carbocycles. The summed E-state index contributed by atoms with van der Waals surface area (Å²) in [6.45, 7) is -0.823. The van der Waals surface area contributed by atoms with E-state index >= 15 is 0 Å². The number of rotatable bonds is 6. The van der Waals surface area contributed by atoms with E-state index in [0.29, 0.717) is 11.3 Å². The van der Waals surface area contributed by atoms with Crippen LogP contribution < -0.4 is 26.4 Å². The zero-order chi connectivity index (χ0) is 21.1. The lowest BCUT2D eigenvalue weighted by Gasteiger charge is -2.26. The fourth-order valence-corrected chi connectivity index (χ4v) is 2.91. The van der Waals surface area contributed by atoms with E-state index in [1.54, 1.807) is 24.3 Å². The third-order valence-corrected chi connectivity index (χ3v) is 4.16. The molecule has 2 heterocycles. The van der Waals surface area contributed by atoms with E-state index in [4.69, 9.17) is 30.1 Å². The largest absolute Gasteiger partial charge is 0.484 e. The van der Waals surface area contributed by atoms with Gasteiger partial charge in [0.05, 0.1) is 13.0 Å². The second-order valence-corrected chi connectivity index (χ2v) is 6.06. The Labute approximate surface area is 164 Å². The Hall–Kier alpha value is -3.79. The van der Waals surface area contributed by atoms with Gasteiger partial charge in [0.2, 0.25) is 17.1 Å². The Bertz CT molecular complexity index is 1040. The van der Waals surface area contributed by atoms with Gasteiger partial charge >= 0.3 is 5.97 Å². The predicted molar refractivity (Wildman–Crippen MR) is 97.7 cm³/mol. The molecule has 3 rings (SSSR count). The van der Waals surface area contributed by atoms with Gasteiger partial charge in [-0.2, -0.15) is 0 Å². The van der Waals surface area contributed by atoms with Crippen LogP contribution >= 0.6 is 0 Å². The zero-order valence-corrected chi connectivity index (χ0v) is 15.3. The molecule has 0 radical (unpaired) electrons. The number of carbonyl (C=O) groups excluding carboxylic acids is 2. The molecule has 1 aromatic heterocycles. The summed E-state index contributed by atoms with van der Waals surface area (Å²) in [6.07, 6.45) is 0. The maximum absolute atomic E-state index is 12.4. The molecule has 1 aliphatic rings. The number of aliphatic hydroxyl groups is 1. The molecule has 2 aromatic rings. The minimum atomic E-state index is -0.935. The molecule has 152 valence electrons. The maximum atomic E-state index is 12.4. The number of methoxy groups -OCH3 is 1. The van der Waals surface area contributed by atoms with Crippen LogP contribution in [0.3, 0.4) is 0 Å². The number of ether oxygens (including phenoxy) is 3. The third-order valence-electron chi connectivity index (χ3n) is 4.16. The van der Waals surface area contributed by atoms with Crippen molar-refractivity contribution in [3.63, 3.8) is 0 Å². The van der Waals surface area contributed by atoms with Gasteiger partial charge in [0.15, 0.2) is 12.4 Å². The number of primary amides is 1. The second-order valence-electron chi connectivity index (χ2n) is 6.06. The van der Waals surface area contributed by atoms with Crippen molar-refractivity contribution < 1.29 is 33.3 Å². The smallest absolute Gasteiger partial charge is 0.340 e. The Morgan fingerprint density at radius 1 is 1.24 bits per heavy atom. The third kappa shape index (κ3) is 3.92. The fraction of sp³-hybridized carbons (Fsp3) is 0.211. The molecule has 1 aliphatic heterocycles. The van der Waals surface area contributed by atoms with Gasteiger partial charge < -0.3 is 35.2 Å². The Kier molecular flexibility index (Phi) is 5.55. The number of hydrogen-bond acceptors (Lipinski definition) is 9. The van der Waals surface area contributed by atoms with Crippen LogP contribution in [-0.4, -0.2) is 30.7 Å². The molecule has 10 nitrogen and oxygen atoms in total. The first-order valence-corrected chi connectivity index (χ1v) is 8.40. The van der Waals surface area contributed by atoms with E-state index in [-0.39, 0.29) is 35.3 Å². The van der Waals surface area contributed by atoms with Gasteiger partial charge in [-0.1, -0.05) is 12.1 Å². The van der Waals surface area contributed by atoms with Crippen LogP contribution in [0.1, 0.15) is 23.0 Å². The number of hydrogen-bond donors (Lipinski definition) is 3. The normalized spacial score (nSPS) is 15.3. The lowest BCUT2D eigenvalue weighted by molar-refractivity contribution is -0.136. The molecule has 0 fully saturated rings. The minimum Gasteiger partial charge on any atom is -0.484 e. The second kappa shape index (κ2) is 8.07. The van der Waals surface area contributed by atoms with E-state index in [1.165, 1.54) is 7.11 Å². The highest BCUT2D eigenvalue weighted by Gasteiger charge is 2.39. The first-order valence-electron chi connectivity index (χ1n) is 8.40. The van der Waals surface area contributed by atoms with Crippen molar-refractivity contribution in [3.05, 3.63) is 69.1 Å². The minimum absolute atomic E-state index is 0.00181. The predicted octanol–water partition coefficient (Wildman–Crippen LogP) is -0.136. The summed E-state index contributed by atoms with van der Waals surface area (Å²) < 4.78 is 21.0. The van der Waals surface area contributed by atoms with Crippen LogP contribution in [0.4, 0.5) is 0 Å². The van der Waals surface area contributed by atoms with Gasteiger partial charge in [0.25, 0.3) is 5.91 Å². The van der Waals surface area contributed by atoms with Gasteiger partial charge in [-0.3, -0.25) is 9.59 Å². The molecule has 1 atom stereocenters. The van der Waals surface area contributed by atoms with Crippen LogP contribution in [0.25, 0.3) is 0 Å². The summed E-state index contributed by atoms with van der Waals surface area (Å²) >= 11 is 0. The topological polar surface area (TPSA) is 164 Å². The van der Waals surface area contributed by atoms with Crippen molar-refractivity contribution in [1.82, 2.24) is 0 Å². The average molecular weight is 402 g/mol. The molecular weight excluding hydrogens is 384 g/mol.